The maximum atomic E-state index is 12.6. The third-order valence-electron chi connectivity index (χ3n) is 3.87. The van der Waals surface area contributed by atoms with Crippen molar-refractivity contribution in [3.05, 3.63) is 60.2 Å². The fourth-order valence-corrected chi connectivity index (χ4v) is 2.88. The van der Waals surface area contributed by atoms with Crippen molar-refractivity contribution in [2.24, 2.45) is 0 Å². The maximum Gasteiger partial charge on any atom is 0.308 e. The van der Waals surface area contributed by atoms with Gasteiger partial charge in [0.25, 0.3) is 5.91 Å². The third kappa shape index (κ3) is 7.21. The van der Waals surface area contributed by atoms with Gasteiger partial charge in [0.05, 0.1) is 12.4 Å². The van der Waals surface area contributed by atoms with E-state index in [9.17, 15) is 13.2 Å². The Hall–Kier alpha value is -2.58. The van der Waals surface area contributed by atoms with Crippen LogP contribution in [0.3, 0.4) is 0 Å². The first-order valence-electron chi connectivity index (χ1n) is 8.89. The minimum absolute atomic E-state index is 0.103. The molecule has 28 heavy (non-hydrogen) atoms. The minimum atomic E-state index is -3.61. The summed E-state index contributed by atoms with van der Waals surface area (Å²) in [6.07, 6.45) is 0. The van der Waals surface area contributed by atoms with Gasteiger partial charge < -0.3 is 18.6 Å². The van der Waals surface area contributed by atoms with Crippen LogP contribution in [0, 0.1) is 0 Å². The second-order valence-corrected chi connectivity index (χ2v) is 7.85. The average molecular weight is 407 g/mol. The smallest absolute Gasteiger partial charge is 0.308 e. The quantitative estimate of drug-likeness (QED) is 0.532. The molecule has 2 aromatic carbocycles. The van der Waals surface area contributed by atoms with E-state index >= 15 is 0 Å². The number of carbonyl (C=O) groups is 1. The maximum absolute atomic E-state index is 12.6. The first kappa shape index (κ1) is 21.7. The van der Waals surface area contributed by atoms with E-state index in [0.29, 0.717) is 18.9 Å². The molecule has 8 heteroatoms. The molecule has 0 aliphatic carbocycles. The van der Waals surface area contributed by atoms with Crippen LogP contribution in [0.5, 0.6) is 11.5 Å². The molecule has 0 heterocycles. The molecule has 0 saturated carbocycles. The highest BCUT2D eigenvalue weighted by Gasteiger charge is 2.16. The summed E-state index contributed by atoms with van der Waals surface area (Å²) in [6.45, 7) is 2.44. The third-order valence-corrected chi connectivity index (χ3v) is 5.03. The Morgan fingerprint density at radius 3 is 2.43 bits per heavy atom. The van der Waals surface area contributed by atoms with Gasteiger partial charge in [0, 0.05) is 20.2 Å². The predicted molar refractivity (Wildman–Crippen MR) is 106 cm³/mol. The zero-order chi connectivity index (χ0) is 20.4. The molecule has 0 fully saturated rings. The summed E-state index contributed by atoms with van der Waals surface area (Å²) in [5.41, 5.74) is 0.743. The molecular weight excluding hydrogens is 382 g/mol. The second-order valence-electron chi connectivity index (χ2n) is 5.99. The highest BCUT2D eigenvalue weighted by Crippen LogP contribution is 2.17. The molecule has 0 atom stereocenters. The van der Waals surface area contributed by atoms with Gasteiger partial charge in [-0.05, 0) is 36.8 Å². The van der Waals surface area contributed by atoms with Crippen LogP contribution in [0.1, 0.15) is 12.5 Å². The Kier molecular flexibility index (Phi) is 8.28. The summed E-state index contributed by atoms with van der Waals surface area (Å²) in [4.78, 5) is 14.2. The van der Waals surface area contributed by atoms with Crippen LogP contribution in [0.25, 0.3) is 0 Å². The Morgan fingerprint density at radius 2 is 1.75 bits per heavy atom. The molecule has 0 bridgehead atoms. The number of hydrogen-bond donors (Lipinski definition) is 0. The van der Waals surface area contributed by atoms with Gasteiger partial charge in [0.15, 0.2) is 6.61 Å². The topological polar surface area (TPSA) is 82.1 Å². The number of rotatable bonds is 11. The Labute approximate surface area is 166 Å². The lowest BCUT2D eigenvalue weighted by molar-refractivity contribution is -0.134. The predicted octanol–water partition coefficient (Wildman–Crippen LogP) is 2.47. The Bertz CT molecular complexity index is 854. The van der Waals surface area contributed by atoms with Crippen LogP contribution in [0.15, 0.2) is 54.6 Å². The van der Waals surface area contributed by atoms with Gasteiger partial charge in [-0.25, -0.2) is 0 Å². The Morgan fingerprint density at radius 1 is 1.04 bits per heavy atom. The first-order valence-corrected chi connectivity index (χ1v) is 10.5. The summed E-state index contributed by atoms with van der Waals surface area (Å²) in [5.74, 6) is 0.516. The fourth-order valence-electron chi connectivity index (χ4n) is 2.37. The summed E-state index contributed by atoms with van der Waals surface area (Å²) in [6, 6.07) is 15.8. The van der Waals surface area contributed by atoms with Crippen molar-refractivity contribution in [3.8, 4) is 11.5 Å². The van der Waals surface area contributed by atoms with Crippen LogP contribution in [-0.2, 0) is 26.2 Å². The molecular formula is C20H25NO6S. The van der Waals surface area contributed by atoms with Crippen molar-refractivity contribution in [2.45, 2.75) is 13.5 Å². The number of nitrogens with zero attached hydrogens (tertiary/aromatic N) is 1. The van der Waals surface area contributed by atoms with Crippen LogP contribution >= 0.6 is 0 Å². The Balaban J connectivity index is 2.05. The number of para-hydroxylation sites is 1. The van der Waals surface area contributed by atoms with E-state index in [1.165, 1.54) is 6.92 Å². The lowest BCUT2D eigenvalue weighted by Gasteiger charge is -2.23. The fraction of sp³-hybridized carbons (Fsp3) is 0.350. The molecule has 152 valence electrons. The highest BCUT2D eigenvalue weighted by molar-refractivity contribution is 7.87. The SMILES string of the molecule is CCS(=O)(=O)Oc1cccc(CN(CCOC)C(=O)COc2ccccc2)c1. The lowest BCUT2D eigenvalue weighted by atomic mass is 10.2. The van der Waals surface area contributed by atoms with E-state index in [1.54, 1.807) is 48.4 Å². The zero-order valence-corrected chi connectivity index (χ0v) is 16.9. The largest absolute Gasteiger partial charge is 0.484 e. The molecule has 0 aliphatic heterocycles. The molecule has 0 N–H and O–H groups in total. The molecule has 2 rings (SSSR count). The number of amides is 1. The molecule has 0 spiro atoms. The van der Waals surface area contributed by atoms with Gasteiger partial charge in [0.1, 0.15) is 11.5 Å². The molecule has 7 nitrogen and oxygen atoms in total. The number of methoxy groups -OCH3 is 1. The van der Waals surface area contributed by atoms with Gasteiger partial charge in [-0.3, -0.25) is 4.79 Å². The number of carbonyl (C=O) groups excluding carboxylic acids is 1. The van der Waals surface area contributed by atoms with E-state index in [0.717, 1.165) is 5.56 Å². The van der Waals surface area contributed by atoms with Gasteiger partial charge in [0.2, 0.25) is 0 Å². The van der Waals surface area contributed by atoms with Gasteiger partial charge in [-0.2, -0.15) is 8.42 Å². The number of ether oxygens (including phenoxy) is 2. The van der Waals surface area contributed by atoms with Gasteiger partial charge in [-0.15, -0.1) is 0 Å². The van der Waals surface area contributed by atoms with Crippen LogP contribution in [0.4, 0.5) is 0 Å². The summed E-state index contributed by atoms with van der Waals surface area (Å²) >= 11 is 0. The molecule has 0 saturated heterocycles. The van der Waals surface area contributed by atoms with E-state index in [-0.39, 0.29) is 30.6 Å². The minimum Gasteiger partial charge on any atom is -0.484 e. The van der Waals surface area contributed by atoms with Gasteiger partial charge in [-0.1, -0.05) is 30.3 Å². The molecule has 1 amide bonds. The second kappa shape index (κ2) is 10.7. The van der Waals surface area contributed by atoms with Crippen LogP contribution < -0.4 is 8.92 Å². The zero-order valence-electron chi connectivity index (χ0n) is 16.0. The number of hydrogen-bond acceptors (Lipinski definition) is 6. The van der Waals surface area contributed by atoms with Crippen molar-refractivity contribution >= 4 is 16.0 Å². The van der Waals surface area contributed by atoms with Crippen molar-refractivity contribution in [1.82, 2.24) is 4.90 Å². The van der Waals surface area contributed by atoms with E-state index in [4.69, 9.17) is 13.7 Å². The number of benzene rings is 2. The normalized spacial score (nSPS) is 11.1. The van der Waals surface area contributed by atoms with Crippen LogP contribution in [-0.4, -0.2) is 51.8 Å². The van der Waals surface area contributed by atoms with E-state index < -0.39 is 10.1 Å². The van der Waals surface area contributed by atoms with Crippen LogP contribution in [0.2, 0.25) is 0 Å². The average Bonchev–Trinajstić information content (AvgIpc) is 2.70. The van der Waals surface area contributed by atoms with Crippen molar-refractivity contribution in [3.63, 3.8) is 0 Å². The molecule has 0 radical (unpaired) electrons. The van der Waals surface area contributed by atoms with E-state index in [2.05, 4.69) is 0 Å². The van der Waals surface area contributed by atoms with Crippen molar-refractivity contribution in [1.29, 1.82) is 0 Å². The van der Waals surface area contributed by atoms with E-state index in [1.807, 2.05) is 18.2 Å². The standard InChI is InChI=1S/C20H25NO6S/c1-3-28(23,24)27-19-11-7-8-17(14-19)15-21(12-13-25-2)20(22)16-26-18-9-5-4-6-10-18/h4-11,14H,3,12-13,15-16H2,1-2H3. The monoisotopic (exact) mass is 407 g/mol. The molecule has 0 unspecified atom stereocenters. The molecule has 2 aromatic rings. The lowest BCUT2D eigenvalue weighted by Crippen LogP contribution is -2.36. The highest BCUT2D eigenvalue weighted by atomic mass is 32.2. The molecule has 0 aromatic heterocycles. The van der Waals surface area contributed by atoms with Crippen molar-refractivity contribution in [2.75, 3.05) is 32.6 Å². The summed E-state index contributed by atoms with van der Waals surface area (Å²) < 4.78 is 39.0. The summed E-state index contributed by atoms with van der Waals surface area (Å²) in [7, 11) is -2.05. The van der Waals surface area contributed by atoms with Gasteiger partial charge >= 0.3 is 10.1 Å². The molecule has 0 aliphatic rings. The summed E-state index contributed by atoms with van der Waals surface area (Å²) in [5, 5.41) is 0. The first-order chi connectivity index (χ1) is 13.4. The van der Waals surface area contributed by atoms with Crippen molar-refractivity contribution < 1.29 is 26.9 Å².